The number of hydrogen-bond donors (Lipinski definition) is 2. The van der Waals surface area contributed by atoms with E-state index in [1.54, 1.807) is 0 Å². The van der Waals surface area contributed by atoms with Crippen LogP contribution in [0.15, 0.2) is 18.5 Å². The van der Waals surface area contributed by atoms with Crippen LogP contribution in [0.3, 0.4) is 0 Å². The number of alkyl halides is 2. The fraction of sp³-hybridized carbons (Fsp3) is 0.474. The van der Waals surface area contributed by atoms with Crippen molar-refractivity contribution in [2.75, 3.05) is 0 Å². The van der Waals surface area contributed by atoms with Crippen LogP contribution in [0.4, 0.5) is 8.78 Å². The molecule has 1 aliphatic carbocycles. The van der Waals surface area contributed by atoms with Gasteiger partial charge in [-0.15, -0.1) is 0 Å². The van der Waals surface area contributed by atoms with Crippen molar-refractivity contribution >= 4 is 11.0 Å². The van der Waals surface area contributed by atoms with E-state index >= 15 is 0 Å². The van der Waals surface area contributed by atoms with Crippen molar-refractivity contribution in [1.82, 2.24) is 20.2 Å². The van der Waals surface area contributed by atoms with Crippen molar-refractivity contribution in [3.05, 3.63) is 35.4 Å². The van der Waals surface area contributed by atoms with Crippen LogP contribution in [0.2, 0.25) is 0 Å². The Morgan fingerprint density at radius 2 is 2.00 bits per heavy atom. The van der Waals surface area contributed by atoms with E-state index in [1.165, 1.54) is 0 Å². The highest BCUT2D eigenvalue weighted by Gasteiger charge is 2.35. The van der Waals surface area contributed by atoms with Crippen LogP contribution in [0, 0.1) is 19.8 Å². The molecule has 2 N–H and O–H groups in total. The standard InChI is InChI=1S/C19H22F2N4/c1-11-17(12(2)25-24-11)15-10-23-16-5-8-22-18(16)14(15)9-13-3-6-19(20,21)7-4-13/h5,8,10,13,22H,3-4,6-7,9H2,1-2H3,(H,24,25). The number of aryl methyl sites for hydroxylation is 2. The molecule has 0 aliphatic heterocycles. The molecule has 0 spiro atoms. The highest BCUT2D eigenvalue weighted by atomic mass is 19.3. The Kier molecular flexibility index (Phi) is 3.85. The Balaban J connectivity index is 1.76. The first-order chi connectivity index (χ1) is 11.9. The van der Waals surface area contributed by atoms with E-state index in [0.29, 0.717) is 12.8 Å². The number of nitrogens with zero attached hydrogens (tertiary/aromatic N) is 2. The highest BCUT2D eigenvalue weighted by molar-refractivity contribution is 5.87. The minimum Gasteiger partial charge on any atom is -0.360 e. The topological polar surface area (TPSA) is 57.4 Å². The van der Waals surface area contributed by atoms with Gasteiger partial charge in [-0.3, -0.25) is 10.1 Å². The zero-order valence-corrected chi connectivity index (χ0v) is 14.5. The van der Waals surface area contributed by atoms with E-state index in [1.807, 2.05) is 32.3 Å². The summed E-state index contributed by atoms with van der Waals surface area (Å²) in [4.78, 5) is 7.86. The van der Waals surface area contributed by atoms with Crippen LogP contribution >= 0.6 is 0 Å². The van der Waals surface area contributed by atoms with Crippen molar-refractivity contribution in [3.63, 3.8) is 0 Å². The molecule has 25 heavy (non-hydrogen) atoms. The van der Waals surface area contributed by atoms with Gasteiger partial charge in [-0.25, -0.2) is 8.78 Å². The molecule has 1 saturated carbocycles. The zero-order chi connectivity index (χ0) is 17.6. The van der Waals surface area contributed by atoms with Crippen LogP contribution in [0.5, 0.6) is 0 Å². The molecular weight excluding hydrogens is 322 g/mol. The molecule has 1 fully saturated rings. The van der Waals surface area contributed by atoms with E-state index in [4.69, 9.17) is 0 Å². The fourth-order valence-corrected chi connectivity index (χ4v) is 4.03. The number of hydrogen-bond acceptors (Lipinski definition) is 2. The zero-order valence-electron chi connectivity index (χ0n) is 14.5. The SMILES string of the molecule is Cc1n[nH]c(C)c1-c1cnc2cc[nH]c2c1CC1CCC(F)(F)CC1. The predicted octanol–water partition coefficient (Wildman–Crippen LogP) is 4.94. The van der Waals surface area contributed by atoms with Gasteiger partial charge in [0.05, 0.1) is 16.7 Å². The maximum absolute atomic E-state index is 13.5. The third-order valence-corrected chi connectivity index (χ3v) is 5.41. The van der Waals surface area contributed by atoms with Crippen LogP contribution in [-0.4, -0.2) is 26.1 Å². The van der Waals surface area contributed by atoms with Crippen LogP contribution in [-0.2, 0) is 6.42 Å². The number of aromatic amines is 2. The maximum Gasteiger partial charge on any atom is 0.248 e. The van der Waals surface area contributed by atoms with Crippen molar-refractivity contribution in [2.45, 2.75) is 51.9 Å². The summed E-state index contributed by atoms with van der Waals surface area (Å²) < 4.78 is 27.0. The van der Waals surface area contributed by atoms with Crippen LogP contribution in [0.1, 0.15) is 42.6 Å². The smallest absolute Gasteiger partial charge is 0.248 e. The quantitative estimate of drug-likeness (QED) is 0.707. The lowest BCUT2D eigenvalue weighted by molar-refractivity contribution is -0.0456. The van der Waals surface area contributed by atoms with E-state index < -0.39 is 5.92 Å². The second-order valence-corrected chi connectivity index (χ2v) is 7.20. The molecule has 0 saturated heterocycles. The summed E-state index contributed by atoms with van der Waals surface area (Å²) in [6, 6.07) is 1.95. The average molecular weight is 344 g/mol. The van der Waals surface area contributed by atoms with Gasteiger partial charge in [0, 0.05) is 42.1 Å². The Morgan fingerprint density at radius 1 is 1.24 bits per heavy atom. The first kappa shape index (κ1) is 16.2. The largest absolute Gasteiger partial charge is 0.360 e. The van der Waals surface area contributed by atoms with E-state index in [9.17, 15) is 8.78 Å². The van der Waals surface area contributed by atoms with Gasteiger partial charge in [-0.2, -0.15) is 5.10 Å². The molecule has 3 aromatic heterocycles. The van der Waals surface area contributed by atoms with Crippen molar-refractivity contribution in [3.8, 4) is 11.1 Å². The van der Waals surface area contributed by atoms with E-state index in [-0.39, 0.29) is 18.8 Å². The Hall–Kier alpha value is -2.24. The summed E-state index contributed by atoms with van der Waals surface area (Å²) in [5.41, 5.74) is 7.14. The van der Waals surface area contributed by atoms with Gasteiger partial charge in [0.1, 0.15) is 0 Å². The third kappa shape index (κ3) is 2.94. The molecule has 3 heterocycles. The molecule has 0 radical (unpaired) electrons. The molecule has 0 aromatic carbocycles. The van der Waals surface area contributed by atoms with Gasteiger partial charge in [-0.05, 0) is 50.7 Å². The number of pyridine rings is 1. The summed E-state index contributed by atoms with van der Waals surface area (Å²) in [5, 5.41) is 7.34. The molecule has 0 amide bonds. The lowest BCUT2D eigenvalue weighted by Crippen LogP contribution is -2.25. The number of halogens is 2. The maximum atomic E-state index is 13.5. The van der Waals surface area contributed by atoms with Crippen LogP contribution < -0.4 is 0 Å². The number of fused-ring (bicyclic) bond motifs is 1. The first-order valence-corrected chi connectivity index (χ1v) is 8.79. The van der Waals surface area contributed by atoms with Crippen molar-refractivity contribution < 1.29 is 8.78 Å². The second kappa shape index (κ2) is 5.93. The van der Waals surface area contributed by atoms with Gasteiger partial charge < -0.3 is 4.98 Å². The molecule has 0 atom stereocenters. The Bertz CT molecular complexity index is 880. The number of H-pyrrole nitrogens is 2. The van der Waals surface area contributed by atoms with Crippen molar-refractivity contribution in [2.24, 2.45) is 5.92 Å². The minimum absolute atomic E-state index is 0.00425. The van der Waals surface area contributed by atoms with E-state index in [2.05, 4.69) is 20.2 Å². The summed E-state index contributed by atoms with van der Waals surface area (Å²) in [6.45, 7) is 3.97. The Morgan fingerprint density at radius 3 is 2.68 bits per heavy atom. The monoisotopic (exact) mass is 344 g/mol. The average Bonchev–Trinajstić information content (AvgIpc) is 3.17. The number of aromatic nitrogens is 4. The molecule has 6 heteroatoms. The number of rotatable bonds is 3. The second-order valence-electron chi connectivity index (χ2n) is 7.20. The molecular formula is C19H22F2N4. The summed E-state index contributed by atoms with van der Waals surface area (Å²) in [6.07, 6.45) is 5.70. The fourth-order valence-electron chi connectivity index (χ4n) is 4.03. The van der Waals surface area contributed by atoms with Gasteiger partial charge in [0.25, 0.3) is 0 Å². The lowest BCUT2D eigenvalue weighted by Gasteiger charge is -2.28. The van der Waals surface area contributed by atoms with E-state index in [0.717, 1.165) is 45.5 Å². The molecule has 4 nitrogen and oxygen atoms in total. The van der Waals surface area contributed by atoms with Crippen LogP contribution in [0.25, 0.3) is 22.2 Å². The van der Waals surface area contributed by atoms with Gasteiger partial charge in [0.2, 0.25) is 5.92 Å². The predicted molar refractivity (Wildman–Crippen MR) is 93.8 cm³/mol. The summed E-state index contributed by atoms with van der Waals surface area (Å²) in [7, 11) is 0. The lowest BCUT2D eigenvalue weighted by atomic mass is 9.81. The van der Waals surface area contributed by atoms with Gasteiger partial charge in [-0.1, -0.05) is 0 Å². The molecule has 132 valence electrons. The molecule has 4 rings (SSSR count). The number of nitrogens with one attached hydrogen (secondary N) is 2. The summed E-state index contributed by atoms with van der Waals surface area (Å²) >= 11 is 0. The highest BCUT2D eigenvalue weighted by Crippen LogP contribution is 2.40. The minimum atomic E-state index is -2.49. The molecule has 1 aliphatic rings. The third-order valence-electron chi connectivity index (χ3n) is 5.41. The normalized spacial score (nSPS) is 18.1. The van der Waals surface area contributed by atoms with Gasteiger partial charge >= 0.3 is 0 Å². The Labute approximate surface area is 145 Å². The molecule has 0 unspecified atom stereocenters. The van der Waals surface area contributed by atoms with Gasteiger partial charge in [0.15, 0.2) is 0 Å². The summed E-state index contributed by atoms with van der Waals surface area (Å²) in [5.74, 6) is -2.21. The van der Waals surface area contributed by atoms with Crippen molar-refractivity contribution in [1.29, 1.82) is 0 Å². The molecule has 0 bridgehead atoms. The molecule has 3 aromatic rings. The first-order valence-electron chi connectivity index (χ1n) is 8.79.